The Balaban J connectivity index is 2.19. The van der Waals surface area contributed by atoms with Gasteiger partial charge in [0.25, 0.3) is 0 Å². The zero-order chi connectivity index (χ0) is 14.0. The molecule has 0 amide bonds. The van der Waals surface area contributed by atoms with Crippen molar-refractivity contribution < 1.29 is 22.3 Å². The SMILES string of the molecule is Fc1cc(F)c(F)c(OCc2nc(CCl)cs2)c1F. The van der Waals surface area contributed by atoms with E-state index in [2.05, 4.69) is 4.98 Å². The highest BCUT2D eigenvalue weighted by molar-refractivity contribution is 7.09. The summed E-state index contributed by atoms with van der Waals surface area (Å²) in [5, 5.41) is 2.03. The third kappa shape index (κ3) is 2.98. The van der Waals surface area contributed by atoms with Crippen molar-refractivity contribution in [2.45, 2.75) is 12.5 Å². The van der Waals surface area contributed by atoms with Crippen molar-refractivity contribution in [2.24, 2.45) is 0 Å². The molecule has 2 aromatic rings. The Bertz CT molecular complexity index is 578. The lowest BCUT2D eigenvalue weighted by atomic mass is 10.3. The number of rotatable bonds is 4. The highest BCUT2D eigenvalue weighted by Crippen LogP contribution is 2.27. The summed E-state index contributed by atoms with van der Waals surface area (Å²) in [6.45, 7) is -0.307. The summed E-state index contributed by atoms with van der Waals surface area (Å²) in [7, 11) is 0. The number of aromatic nitrogens is 1. The van der Waals surface area contributed by atoms with E-state index < -0.39 is 29.0 Å². The second-order valence-corrected chi connectivity index (χ2v) is 4.66. The number of alkyl halides is 1. The van der Waals surface area contributed by atoms with E-state index >= 15 is 0 Å². The maximum atomic E-state index is 13.3. The van der Waals surface area contributed by atoms with E-state index in [4.69, 9.17) is 16.3 Å². The number of thiazole rings is 1. The van der Waals surface area contributed by atoms with Gasteiger partial charge in [-0.3, -0.25) is 0 Å². The second-order valence-electron chi connectivity index (χ2n) is 3.45. The van der Waals surface area contributed by atoms with Crippen LogP contribution < -0.4 is 4.74 Å². The van der Waals surface area contributed by atoms with Gasteiger partial charge in [0.05, 0.1) is 11.6 Å². The third-order valence-electron chi connectivity index (χ3n) is 2.15. The molecule has 0 saturated carbocycles. The minimum atomic E-state index is -1.58. The molecule has 2 rings (SSSR count). The summed E-state index contributed by atoms with van der Waals surface area (Å²) in [6, 6.07) is 0.118. The summed E-state index contributed by atoms with van der Waals surface area (Å²) in [5.41, 5.74) is 0.580. The van der Waals surface area contributed by atoms with Gasteiger partial charge in [0.2, 0.25) is 11.6 Å². The zero-order valence-electron chi connectivity index (χ0n) is 9.22. The highest BCUT2D eigenvalue weighted by Gasteiger charge is 2.20. The zero-order valence-corrected chi connectivity index (χ0v) is 10.8. The fourth-order valence-electron chi connectivity index (χ4n) is 1.29. The van der Waals surface area contributed by atoms with Crippen LogP contribution in [0.15, 0.2) is 11.4 Å². The van der Waals surface area contributed by atoms with E-state index in [0.29, 0.717) is 10.7 Å². The van der Waals surface area contributed by atoms with Crippen LogP contribution in [0.2, 0.25) is 0 Å². The molecule has 0 saturated heterocycles. The number of hydrogen-bond acceptors (Lipinski definition) is 3. The number of hydrogen-bond donors (Lipinski definition) is 0. The van der Waals surface area contributed by atoms with E-state index in [1.165, 1.54) is 0 Å². The van der Waals surface area contributed by atoms with Gasteiger partial charge in [-0.05, 0) is 0 Å². The molecule has 2 nitrogen and oxygen atoms in total. The lowest BCUT2D eigenvalue weighted by molar-refractivity contribution is 0.261. The Morgan fingerprint density at radius 3 is 2.32 bits per heavy atom. The van der Waals surface area contributed by atoms with Crippen molar-refractivity contribution in [3.8, 4) is 5.75 Å². The maximum Gasteiger partial charge on any atom is 0.203 e. The van der Waals surface area contributed by atoms with E-state index in [0.717, 1.165) is 11.3 Å². The van der Waals surface area contributed by atoms with Crippen LogP contribution in [-0.4, -0.2) is 4.98 Å². The number of benzene rings is 1. The maximum absolute atomic E-state index is 13.3. The van der Waals surface area contributed by atoms with Gasteiger partial charge in [-0.2, -0.15) is 8.78 Å². The van der Waals surface area contributed by atoms with E-state index in [1.807, 2.05) is 0 Å². The molecule has 102 valence electrons. The average molecular weight is 312 g/mol. The normalized spacial score (nSPS) is 10.8. The van der Waals surface area contributed by atoms with E-state index in [-0.39, 0.29) is 18.6 Å². The lowest BCUT2D eigenvalue weighted by Gasteiger charge is -2.07. The lowest BCUT2D eigenvalue weighted by Crippen LogP contribution is -2.03. The summed E-state index contributed by atoms with van der Waals surface area (Å²) < 4.78 is 57.1. The quantitative estimate of drug-likeness (QED) is 0.483. The molecule has 8 heteroatoms. The van der Waals surface area contributed by atoms with Crippen LogP contribution in [-0.2, 0) is 12.5 Å². The van der Waals surface area contributed by atoms with Gasteiger partial charge in [0.15, 0.2) is 17.4 Å². The van der Waals surface area contributed by atoms with Gasteiger partial charge in [0.1, 0.15) is 11.6 Å². The molecular formula is C11H6ClF4NOS. The first-order valence-electron chi connectivity index (χ1n) is 4.98. The first-order chi connectivity index (χ1) is 9.02. The molecule has 0 radical (unpaired) electrons. The Morgan fingerprint density at radius 1 is 1.16 bits per heavy atom. The number of halogens is 5. The van der Waals surface area contributed by atoms with Crippen molar-refractivity contribution in [1.29, 1.82) is 0 Å². The van der Waals surface area contributed by atoms with Gasteiger partial charge in [-0.15, -0.1) is 22.9 Å². The molecule has 0 atom stereocenters. The van der Waals surface area contributed by atoms with Crippen LogP contribution in [0.3, 0.4) is 0 Å². The standard InChI is InChI=1S/C11H6ClF4NOS/c12-2-5-4-19-8(17-5)3-18-11-9(15)6(13)1-7(14)10(11)16/h1,4H,2-3H2. The van der Waals surface area contributed by atoms with E-state index in [1.54, 1.807) is 5.38 Å². The van der Waals surface area contributed by atoms with Crippen molar-refractivity contribution in [3.05, 3.63) is 45.4 Å². The Morgan fingerprint density at radius 2 is 1.79 bits per heavy atom. The van der Waals surface area contributed by atoms with E-state index in [9.17, 15) is 17.6 Å². The van der Waals surface area contributed by atoms with Crippen molar-refractivity contribution in [2.75, 3.05) is 0 Å². The Kier molecular flexibility index (Phi) is 4.26. The summed E-state index contributed by atoms with van der Waals surface area (Å²) in [6.07, 6.45) is 0. The molecule has 0 aliphatic carbocycles. The van der Waals surface area contributed by atoms with Crippen molar-refractivity contribution in [3.63, 3.8) is 0 Å². The molecule has 1 aromatic carbocycles. The molecule has 19 heavy (non-hydrogen) atoms. The van der Waals surface area contributed by atoms with Gasteiger partial charge >= 0.3 is 0 Å². The molecule has 1 heterocycles. The van der Waals surface area contributed by atoms with Crippen LogP contribution >= 0.6 is 22.9 Å². The first kappa shape index (κ1) is 14.1. The van der Waals surface area contributed by atoms with Gasteiger partial charge < -0.3 is 4.74 Å². The van der Waals surface area contributed by atoms with Crippen LogP contribution in [0.5, 0.6) is 5.75 Å². The molecule has 0 fully saturated rings. The molecule has 0 aliphatic heterocycles. The second kappa shape index (κ2) is 5.75. The predicted molar refractivity (Wildman–Crippen MR) is 62.3 cm³/mol. The van der Waals surface area contributed by atoms with Crippen LogP contribution in [0.25, 0.3) is 0 Å². The minimum absolute atomic E-state index is 0.118. The largest absolute Gasteiger partial charge is 0.480 e. The van der Waals surface area contributed by atoms with Crippen LogP contribution in [0, 0.1) is 23.3 Å². The van der Waals surface area contributed by atoms with Gasteiger partial charge in [0, 0.05) is 11.4 Å². The predicted octanol–water partition coefficient (Wildman–Crippen LogP) is 4.02. The molecule has 0 bridgehead atoms. The van der Waals surface area contributed by atoms with Gasteiger partial charge in [-0.25, -0.2) is 13.8 Å². The molecule has 0 unspecified atom stereocenters. The van der Waals surface area contributed by atoms with Crippen molar-refractivity contribution >= 4 is 22.9 Å². The summed E-state index contributed by atoms with van der Waals surface area (Å²) in [4.78, 5) is 3.98. The smallest absolute Gasteiger partial charge is 0.203 e. The summed E-state index contributed by atoms with van der Waals surface area (Å²) >= 11 is 6.69. The summed E-state index contributed by atoms with van der Waals surface area (Å²) in [5.74, 6) is -7.10. The van der Waals surface area contributed by atoms with Crippen LogP contribution in [0.4, 0.5) is 17.6 Å². The average Bonchev–Trinajstić information content (AvgIpc) is 2.84. The fraction of sp³-hybridized carbons (Fsp3) is 0.182. The molecule has 0 N–H and O–H groups in total. The molecular weight excluding hydrogens is 306 g/mol. The highest BCUT2D eigenvalue weighted by atomic mass is 35.5. The number of ether oxygens (including phenoxy) is 1. The Labute approximate surface area is 114 Å². The fourth-order valence-corrected chi connectivity index (χ4v) is 2.22. The molecule has 0 spiro atoms. The minimum Gasteiger partial charge on any atom is -0.480 e. The Hall–Kier alpha value is -1.34. The first-order valence-corrected chi connectivity index (χ1v) is 6.39. The number of nitrogens with zero attached hydrogens (tertiary/aromatic N) is 1. The third-order valence-corrected chi connectivity index (χ3v) is 3.29. The van der Waals surface area contributed by atoms with Crippen molar-refractivity contribution in [1.82, 2.24) is 4.98 Å². The molecule has 0 aliphatic rings. The topological polar surface area (TPSA) is 22.1 Å². The van der Waals surface area contributed by atoms with Gasteiger partial charge in [-0.1, -0.05) is 0 Å². The van der Waals surface area contributed by atoms with Crippen LogP contribution in [0.1, 0.15) is 10.7 Å². The molecule has 1 aromatic heterocycles. The monoisotopic (exact) mass is 311 g/mol.